The molecule has 2 aromatic carbocycles. The van der Waals surface area contributed by atoms with E-state index in [0.29, 0.717) is 13.0 Å². The van der Waals surface area contributed by atoms with Gasteiger partial charge in [0.25, 0.3) is 0 Å². The highest BCUT2D eigenvalue weighted by Crippen LogP contribution is 2.43. The standard InChI is InChI=1S/C27H30N2O4/c1-3-4-8-25(31)28-16-23-27(24(18-30)29(23)26(32)17-28)21-13-11-19(12-14-21)9-10-20-6-5-7-22(15-20)33-2/h5-7,11-15,23-24,27,30H,3-4,8,16-18H2,1-2H3/t23-,24-,27-/m0/s1. The molecule has 3 atom stereocenters. The molecule has 2 aliphatic rings. The third-order valence-electron chi connectivity index (χ3n) is 6.57. The summed E-state index contributed by atoms with van der Waals surface area (Å²) in [6.45, 7) is 2.59. The third kappa shape index (κ3) is 4.74. The van der Waals surface area contributed by atoms with Gasteiger partial charge in [-0.1, -0.05) is 43.4 Å². The lowest BCUT2D eigenvalue weighted by Gasteiger charge is -2.58. The van der Waals surface area contributed by atoms with Gasteiger partial charge in [0, 0.05) is 30.0 Å². The first-order chi connectivity index (χ1) is 16.0. The van der Waals surface area contributed by atoms with E-state index >= 15 is 0 Å². The first-order valence-electron chi connectivity index (χ1n) is 11.5. The molecule has 2 amide bonds. The van der Waals surface area contributed by atoms with Crippen LogP contribution in [0, 0.1) is 11.8 Å². The fourth-order valence-electron chi connectivity index (χ4n) is 4.81. The molecule has 0 radical (unpaired) electrons. The summed E-state index contributed by atoms with van der Waals surface area (Å²) in [6.07, 6.45) is 2.26. The topological polar surface area (TPSA) is 70.1 Å². The van der Waals surface area contributed by atoms with Crippen LogP contribution in [0.25, 0.3) is 0 Å². The van der Waals surface area contributed by atoms with Gasteiger partial charge in [-0.3, -0.25) is 9.59 Å². The minimum Gasteiger partial charge on any atom is -0.497 e. The summed E-state index contributed by atoms with van der Waals surface area (Å²) in [5, 5.41) is 9.97. The van der Waals surface area contributed by atoms with Crippen LogP contribution in [0.15, 0.2) is 48.5 Å². The summed E-state index contributed by atoms with van der Waals surface area (Å²) < 4.78 is 5.24. The van der Waals surface area contributed by atoms with Gasteiger partial charge in [0.15, 0.2) is 0 Å². The Morgan fingerprint density at radius 1 is 1.15 bits per heavy atom. The molecule has 172 valence electrons. The fraction of sp³-hybridized carbons (Fsp3) is 0.407. The van der Waals surface area contributed by atoms with Crippen molar-refractivity contribution < 1.29 is 19.4 Å². The van der Waals surface area contributed by atoms with Gasteiger partial charge in [-0.2, -0.15) is 0 Å². The molecule has 0 aliphatic carbocycles. The van der Waals surface area contributed by atoms with Crippen molar-refractivity contribution in [3.8, 4) is 17.6 Å². The second-order valence-corrected chi connectivity index (χ2v) is 8.63. The SMILES string of the molecule is CCCCC(=O)N1CC(=O)N2[C@@H](CO)[C@@H](c3ccc(C#Cc4cccc(OC)c4)cc3)[C@@H]2C1. The Bertz CT molecular complexity index is 1070. The fourth-order valence-corrected chi connectivity index (χ4v) is 4.81. The van der Waals surface area contributed by atoms with Crippen LogP contribution in [-0.4, -0.2) is 65.6 Å². The van der Waals surface area contributed by atoms with Gasteiger partial charge in [0.1, 0.15) is 5.75 Å². The van der Waals surface area contributed by atoms with Crippen LogP contribution in [0.1, 0.15) is 48.8 Å². The van der Waals surface area contributed by atoms with E-state index in [1.54, 1.807) is 16.9 Å². The maximum atomic E-state index is 12.7. The summed E-state index contributed by atoms with van der Waals surface area (Å²) in [5.41, 5.74) is 2.81. The Hall–Kier alpha value is -3.30. The van der Waals surface area contributed by atoms with Crippen LogP contribution in [0.4, 0.5) is 0 Å². The van der Waals surface area contributed by atoms with Crippen LogP contribution in [-0.2, 0) is 9.59 Å². The predicted octanol–water partition coefficient (Wildman–Crippen LogP) is 2.78. The molecule has 2 saturated heterocycles. The zero-order valence-electron chi connectivity index (χ0n) is 19.2. The van der Waals surface area contributed by atoms with E-state index < -0.39 is 0 Å². The van der Waals surface area contributed by atoms with Crippen LogP contribution in [0.2, 0.25) is 0 Å². The Morgan fingerprint density at radius 2 is 1.91 bits per heavy atom. The summed E-state index contributed by atoms with van der Waals surface area (Å²) in [6, 6.07) is 15.2. The molecule has 2 fully saturated rings. The lowest BCUT2D eigenvalue weighted by molar-refractivity contribution is -0.167. The molecule has 2 heterocycles. The molecule has 0 bridgehead atoms. The van der Waals surface area contributed by atoms with Crippen molar-refractivity contribution in [1.29, 1.82) is 0 Å². The molecule has 6 heteroatoms. The number of amides is 2. The van der Waals surface area contributed by atoms with Crippen LogP contribution < -0.4 is 4.74 Å². The molecule has 1 N–H and O–H groups in total. The monoisotopic (exact) mass is 446 g/mol. The predicted molar refractivity (Wildman–Crippen MR) is 126 cm³/mol. The van der Waals surface area contributed by atoms with Crippen molar-refractivity contribution in [1.82, 2.24) is 9.80 Å². The van der Waals surface area contributed by atoms with Crippen LogP contribution in [0.5, 0.6) is 5.75 Å². The normalized spacial score (nSPS) is 21.5. The first kappa shape index (κ1) is 22.9. The summed E-state index contributed by atoms with van der Waals surface area (Å²) in [4.78, 5) is 28.7. The number of hydrogen-bond acceptors (Lipinski definition) is 4. The molecule has 0 saturated carbocycles. The number of benzene rings is 2. The Kier molecular flexibility index (Phi) is 7.00. The van der Waals surface area contributed by atoms with Gasteiger partial charge in [-0.15, -0.1) is 0 Å². The van der Waals surface area contributed by atoms with Crippen molar-refractivity contribution in [2.45, 2.75) is 44.2 Å². The highest BCUT2D eigenvalue weighted by molar-refractivity contribution is 5.87. The Morgan fingerprint density at radius 3 is 2.61 bits per heavy atom. The number of ether oxygens (including phenoxy) is 1. The molecule has 33 heavy (non-hydrogen) atoms. The van der Waals surface area contributed by atoms with E-state index in [-0.39, 0.29) is 43.0 Å². The van der Waals surface area contributed by atoms with Crippen molar-refractivity contribution >= 4 is 11.8 Å². The largest absolute Gasteiger partial charge is 0.497 e. The molecule has 0 unspecified atom stereocenters. The number of nitrogens with zero attached hydrogens (tertiary/aromatic N) is 2. The second-order valence-electron chi connectivity index (χ2n) is 8.63. The second kappa shape index (κ2) is 10.1. The molecular weight excluding hydrogens is 416 g/mol. The molecule has 2 aliphatic heterocycles. The lowest BCUT2D eigenvalue weighted by atomic mass is 9.73. The lowest BCUT2D eigenvalue weighted by Crippen LogP contribution is -2.73. The average molecular weight is 447 g/mol. The van der Waals surface area contributed by atoms with Crippen molar-refractivity contribution in [3.63, 3.8) is 0 Å². The molecule has 6 nitrogen and oxygen atoms in total. The summed E-state index contributed by atoms with van der Waals surface area (Å²) >= 11 is 0. The number of carbonyl (C=O) groups excluding carboxylic acids is 2. The number of unbranched alkanes of at least 4 members (excludes halogenated alkanes) is 1. The van der Waals surface area contributed by atoms with Gasteiger partial charge in [-0.05, 0) is 42.3 Å². The number of carbonyl (C=O) groups is 2. The van der Waals surface area contributed by atoms with Gasteiger partial charge in [0.2, 0.25) is 11.8 Å². The van der Waals surface area contributed by atoms with Gasteiger partial charge >= 0.3 is 0 Å². The molecule has 0 aromatic heterocycles. The smallest absolute Gasteiger partial charge is 0.242 e. The van der Waals surface area contributed by atoms with Crippen molar-refractivity contribution in [2.75, 3.05) is 26.8 Å². The van der Waals surface area contributed by atoms with Gasteiger partial charge < -0.3 is 19.6 Å². The Balaban J connectivity index is 1.49. The summed E-state index contributed by atoms with van der Waals surface area (Å²) in [5.74, 6) is 7.06. The van der Waals surface area contributed by atoms with E-state index in [0.717, 1.165) is 35.3 Å². The Labute approximate surface area is 195 Å². The van der Waals surface area contributed by atoms with Gasteiger partial charge in [0.05, 0.1) is 32.3 Å². The van der Waals surface area contributed by atoms with Crippen LogP contribution in [0.3, 0.4) is 0 Å². The van der Waals surface area contributed by atoms with E-state index in [2.05, 4.69) is 18.8 Å². The minimum absolute atomic E-state index is 0.00104. The number of methoxy groups -OCH3 is 1. The number of piperazine rings is 1. The molecular formula is C27H30N2O4. The number of aliphatic hydroxyl groups is 1. The number of fused-ring (bicyclic) bond motifs is 1. The van der Waals surface area contributed by atoms with E-state index in [4.69, 9.17) is 4.74 Å². The van der Waals surface area contributed by atoms with Crippen LogP contribution >= 0.6 is 0 Å². The van der Waals surface area contributed by atoms with E-state index in [9.17, 15) is 14.7 Å². The molecule has 4 rings (SSSR count). The maximum absolute atomic E-state index is 12.7. The zero-order chi connectivity index (χ0) is 23.4. The number of rotatable bonds is 6. The molecule has 2 aromatic rings. The van der Waals surface area contributed by atoms with E-state index in [1.165, 1.54) is 0 Å². The highest BCUT2D eigenvalue weighted by Gasteiger charge is 2.54. The highest BCUT2D eigenvalue weighted by atomic mass is 16.5. The van der Waals surface area contributed by atoms with E-state index in [1.807, 2.05) is 48.5 Å². The number of hydrogen-bond donors (Lipinski definition) is 1. The maximum Gasteiger partial charge on any atom is 0.242 e. The van der Waals surface area contributed by atoms with Gasteiger partial charge in [-0.25, -0.2) is 0 Å². The third-order valence-corrected chi connectivity index (χ3v) is 6.57. The van der Waals surface area contributed by atoms with Crippen molar-refractivity contribution in [2.24, 2.45) is 0 Å². The minimum atomic E-state index is -0.246. The average Bonchev–Trinajstić information content (AvgIpc) is 2.83. The molecule has 0 spiro atoms. The number of aliphatic hydroxyl groups excluding tert-OH is 1. The first-order valence-corrected chi connectivity index (χ1v) is 11.5. The van der Waals surface area contributed by atoms with Crippen molar-refractivity contribution in [3.05, 3.63) is 65.2 Å². The summed E-state index contributed by atoms with van der Waals surface area (Å²) in [7, 11) is 1.63. The quantitative estimate of drug-likeness (QED) is 0.693. The zero-order valence-corrected chi connectivity index (χ0v) is 19.2.